The first-order chi connectivity index (χ1) is 13.0. The van der Waals surface area contributed by atoms with Crippen molar-refractivity contribution in [3.8, 4) is 0 Å². The summed E-state index contributed by atoms with van der Waals surface area (Å²) in [5, 5.41) is 4.04. The summed E-state index contributed by atoms with van der Waals surface area (Å²) in [5.41, 5.74) is -0.534. The highest BCUT2D eigenvalue weighted by Gasteiger charge is 2.21. The summed E-state index contributed by atoms with van der Waals surface area (Å²) in [6.45, 7) is 3.56. The molecular weight excluding hydrogens is 356 g/mol. The second kappa shape index (κ2) is 9.76. The van der Waals surface area contributed by atoms with Crippen LogP contribution in [0.3, 0.4) is 0 Å². The number of cyclic esters (lactones) is 1. The molecule has 1 amide bonds. The Morgan fingerprint density at radius 2 is 2.04 bits per heavy atom. The van der Waals surface area contributed by atoms with E-state index in [1.807, 2.05) is 5.16 Å². The Morgan fingerprint density at radius 1 is 1.30 bits per heavy atom. The van der Waals surface area contributed by atoms with Gasteiger partial charge in [-0.2, -0.15) is 5.16 Å². The summed E-state index contributed by atoms with van der Waals surface area (Å²) in [7, 11) is 0. The summed E-state index contributed by atoms with van der Waals surface area (Å²) < 4.78 is 13.8. The van der Waals surface area contributed by atoms with Gasteiger partial charge in [-0.05, 0) is 18.6 Å². The SMILES string of the molecule is C=CCC1CCC(=O)O1.O=C(Nc1co[nH]c1=O)OC(=O)c1ccccc1. The zero-order valence-electron chi connectivity index (χ0n) is 14.3. The number of aromatic nitrogens is 1. The number of amides is 1. The molecule has 1 aromatic carbocycles. The standard InChI is InChI=1S/C11H8N2O5.C7H10O2/c14-9-8(6-17-13-9)12-11(16)18-10(15)7-4-2-1-3-5-7;1-2-3-6-4-5-7(8)9-6/h1-6H,(H,12,16)(H,13,14);2,6H,1,3-5H2. The number of ether oxygens (including phenoxy) is 2. The number of benzene rings is 1. The summed E-state index contributed by atoms with van der Waals surface area (Å²) >= 11 is 0. The Hall–Kier alpha value is -3.62. The molecule has 1 fully saturated rings. The molecule has 1 unspecified atom stereocenters. The predicted molar refractivity (Wildman–Crippen MR) is 94.1 cm³/mol. The molecule has 9 heteroatoms. The van der Waals surface area contributed by atoms with E-state index in [9.17, 15) is 19.2 Å². The van der Waals surface area contributed by atoms with Crippen LogP contribution >= 0.6 is 0 Å². The first-order valence-electron chi connectivity index (χ1n) is 8.04. The van der Waals surface area contributed by atoms with E-state index in [-0.39, 0.29) is 23.3 Å². The van der Waals surface area contributed by atoms with E-state index >= 15 is 0 Å². The van der Waals surface area contributed by atoms with E-state index in [0.29, 0.717) is 6.42 Å². The zero-order chi connectivity index (χ0) is 19.6. The van der Waals surface area contributed by atoms with Crippen molar-refractivity contribution >= 4 is 23.7 Å². The Morgan fingerprint density at radius 3 is 2.59 bits per heavy atom. The highest BCUT2D eigenvalue weighted by Crippen LogP contribution is 2.16. The molecule has 0 spiro atoms. The molecule has 1 aliphatic heterocycles. The number of hydrogen-bond acceptors (Lipinski definition) is 7. The average Bonchev–Trinajstić information content (AvgIpc) is 3.25. The van der Waals surface area contributed by atoms with Crippen molar-refractivity contribution in [2.45, 2.75) is 25.4 Å². The van der Waals surface area contributed by atoms with Crippen LogP contribution in [-0.4, -0.2) is 29.3 Å². The molecule has 2 heterocycles. The van der Waals surface area contributed by atoms with Gasteiger partial charge in [0.15, 0.2) is 5.69 Å². The van der Waals surface area contributed by atoms with Crippen molar-refractivity contribution in [2.75, 3.05) is 5.32 Å². The summed E-state index contributed by atoms with van der Waals surface area (Å²) in [4.78, 5) is 44.3. The fraction of sp³-hybridized carbons (Fsp3) is 0.222. The van der Waals surface area contributed by atoms with Crippen molar-refractivity contribution in [2.24, 2.45) is 0 Å². The van der Waals surface area contributed by atoms with Gasteiger partial charge >= 0.3 is 23.6 Å². The number of hydrogen-bond donors (Lipinski definition) is 2. The van der Waals surface area contributed by atoms with Crippen LogP contribution in [0.1, 0.15) is 29.6 Å². The van der Waals surface area contributed by atoms with E-state index in [4.69, 9.17) is 4.74 Å². The molecule has 1 aromatic heterocycles. The quantitative estimate of drug-likeness (QED) is 0.478. The number of rotatable bonds is 4. The molecule has 3 rings (SSSR count). The molecule has 1 atom stereocenters. The lowest BCUT2D eigenvalue weighted by molar-refractivity contribution is -0.141. The van der Waals surface area contributed by atoms with Gasteiger partial charge in [0.1, 0.15) is 12.4 Å². The fourth-order valence-corrected chi connectivity index (χ4v) is 2.12. The summed E-state index contributed by atoms with van der Waals surface area (Å²) in [6, 6.07) is 7.99. The van der Waals surface area contributed by atoms with Crippen molar-refractivity contribution in [3.05, 3.63) is 65.2 Å². The Balaban J connectivity index is 0.000000244. The van der Waals surface area contributed by atoms with Gasteiger partial charge < -0.3 is 14.0 Å². The lowest BCUT2D eigenvalue weighted by atomic mass is 10.2. The monoisotopic (exact) mass is 374 g/mol. The number of aromatic amines is 1. The smallest absolute Gasteiger partial charge is 0.419 e. The molecule has 9 nitrogen and oxygen atoms in total. The van der Waals surface area contributed by atoms with Crippen LogP contribution in [0.2, 0.25) is 0 Å². The van der Waals surface area contributed by atoms with Crippen LogP contribution in [0, 0.1) is 0 Å². The molecule has 0 radical (unpaired) electrons. The number of H-pyrrole nitrogens is 1. The Kier molecular flexibility index (Phi) is 7.12. The largest absolute Gasteiger partial charge is 0.462 e. The number of carbonyl (C=O) groups is 3. The maximum atomic E-state index is 11.5. The van der Waals surface area contributed by atoms with Crippen LogP contribution in [-0.2, 0) is 14.3 Å². The maximum Gasteiger partial charge on any atom is 0.419 e. The first-order valence-corrected chi connectivity index (χ1v) is 8.04. The van der Waals surface area contributed by atoms with Gasteiger partial charge in [-0.25, -0.2) is 9.59 Å². The topological polar surface area (TPSA) is 128 Å². The Labute approximate surface area is 153 Å². The number of nitrogens with one attached hydrogen (secondary N) is 2. The molecular formula is C18H18N2O7. The van der Waals surface area contributed by atoms with E-state index in [2.05, 4.69) is 21.2 Å². The third kappa shape index (κ3) is 6.31. The maximum absolute atomic E-state index is 11.5. The number of carbonyl (C=O) groups excluding carboxylic acids is 3. The minimum atomic E-state index is -1.06. The van der Waals surface area contributed by atoms with Gasteiger partial charge in [-0.1, -0.05) is 24.3 Å². The highest BCUT2D eigenvalue weighted by atomic mass is 16.6. The summed E-state index contributed by atoms with van der Waals surface area (Å²) in [6.07, 6.45) is 4.08. The number of anilines is 1. The van der Waals surface area contributed by atoms with Crippen molar-refractivity contribution < 1.29 is 28.4 Å². The molecule has 0 bridgehead atoms. The van der Waals surface area contributed by atoms with Crippen LogP contribution in [0.5, 0.6) is 0 Å². The molecule has 0 saturated carbocycles. The van der Waals surface area contributed by atoms with Crippen LogP contribution in [0.4, 0.5) is 10.5 Å². The van der Waals surface area contributed by atoms with E-state index in [1.54, 1.807) is 24.3 Å². The van der Waals surface area contributed by atoms with Gasteiger partial charge in [-0.3, -0.25) is 14.9 Å². The minimum Gasteiger partial charge on any atom is -0.462 e. The van der Waals surface area contributed by atoms with Crippen LogP contribution < -0.4 is 10.9 Å². The normalized spacial score (nSPS) is 15.1. The van der Waals surface area contributed by atoms with Crippen molar-refractivity contribution in [1.29, 1.82) is 0 Å². The van der Waals surface area contributed by atoms with Crippen molar-refractivity contribution in [3.63, 3.8) is 0 Å². The molecule has 0 aliphatic carbocycles. The lowest BCUT2D eigenvalue weighted by Gasteiger charge is -2.02. The number of esters is 2. The van der Waals surface area contributed by atoms with Gasteiger partial charge in [0.05, 0.1) is 5.56 Å². The zero-order valence-corrected chi connectivity index (χ0v) is 14.3. The third-order valence-corrected chi connectivity index (χ3v) is 3.40. The van der Waals surface area contributed by atoms with Crippen molar-refractivity contribution in [1.82, 2.24) is 5.16 Å². The molecule has 27 heavy (non-hydrogen) atoms. The molecule has 1 saturated heterocycles. The van der Waals surface area contributed by atoms with E-state index < -0.39 is 17.6 Å². The molecule has 2 N–H and O–H groups in total. The lowest BCUT2D eigenvalue weighted by Crippen LogP contribution is -2.21. The highest BCUT2D eigenvalue weighted by molar-refractivity contribution is 5.99. The third-order valence-electron chi connectivity index (χ3n) is 3.40. The second-order valence-corrected chi connectivity index (χ2v) is 5.42. The molecule has 2 aromatic rings. The predicted octanol–water partition coefficient (Wildman–Crippen LogP) is 2.62. The fourth-order valence-electron chi connectivity index (χ4n) is 2.12. The van der Waals surface area contributed by atoms with Gasteiger partial charge in [0.2, 0.25) is 0 Å². The van der Waals surface area contributed by atoms with E-state index in [1.165, 1.54) is 12.1 Å². The average molecular weight is 374 g/mol. The van der Waals surface area contributed by atoms with Gasteiger partial charge in [0, 0.05) is 12.8 Å². The Bertz CT molecular complexity index is 854. The van der Waals surface area contributed by atoms with Crippen LogP contribution in [0.25, 0.3) is 0 Å². The van der Waals surface area contributed by atoms with Gasteiger partial charge in [-0.15, -0.1) is 6.58 Å². The van der Waals surface area contributed by atoms with Crippen LogP contribution in [0.15, 0.2) is 58.6 Å². The van der Waals surface area contributed by atoms with Gasteiger partial charge in [0.25, 0.3) is 0 Å². The molecule has 142 valence electrons. The minimum absolute atomic E-state index is 0.0677. The first kappa shape index (κ1) is 19.7. The molecule has 1 aliphatic rings. The van der Waals surface area contributed by atoms with E-state index in [0.717, 1.165) is 19.1 Å². The second-order valence-electron chi connectivity index (χ2n) is 5.42. The summed E-state index contributed by atoms with van der Waals surface area (Å²) in [5.74, 6) is -0.880.